The Morgan fingerprint density at radius 2 is 0.827 bits per heavy atom. The zero-order chi connectivity index (χ0) is 42.3. The lowest BCUT2D eigenvalue weighted by Gasteiger charge is -2.34. The highest BCUT2D eigenvalue weighted by Gasteiger charge is 2.40. The van der Waals surface area contributed by atoms with E-state index in [1.807, 2.05) is 120 Å². The Balaban J connectivity index is 1.55. The summed E-state index contributed by atoms with van der Waals surface area (Å²) in [6.45, 7) is 0. The summed E-state index contributed by atoms with van der Waals surface area (Å²) in [6, 6.07) is 47.2. The van der Waals surface area contributed by atoms with Gasteiger partial charge in [-0.15, -0.1) is 0 Å². The third kappa shape index (κ3) is 4.63. The minimum absolute atomic E-state index is 0.0682. The Kier molecular flexibility index (Phi) is 5.35. The average Bonchev–Trinajstić information content (AvgIpc) is 3.86. The molecule has 0 N–H and O–H groups in total. The van der Waals surface area contributed by atoms with Gasteiger partial charge >= 0.3 is 0 Å². The zero-order valence-electron chi connectivity index (χ0n) is 37.0. The van der Waals surface area contributed by atoms with Crippen LogP contribution in [0.2, 0.25) is 0 Å². The molecule has 2 heterocycles. The fourth-order valence-electron chi connectivity index (χ4n) is 8.12. The van der Waals surface area contributed by atoms with Crippen LogP contribution in [0.3, 0.4) is 0 Å². The lowest BCUT2D eigenvalue weighted by molar-refractivity contribution is 1.17. The van der Waals surface area contributed by atoms with E-state index >= 15 is 0 Å². The molecule has 0 unspecified atom stereocenters. The van der Waals surface area contributed by atoms with Gasteiger partial charge in [0, 0.05) is 32.9 Å². The normalized spacial score (nSPS) is 14.3. The van der Waals surface area contributed by atoms with E-state index < -0.39 is 32.2 Å². The Bertz CT molecular complexity index is 3260. The van der Waals surface area contributed by atoms with Gasteiger partial charge in [-0.3, -0.25) is 0 Å². The van der Waals surface area contributed by atoms with Crippen LogP contribution in [0.25, 0.3) is 55.0 Å². The van der Waals surface area contributed by atoms with Gasteiger partial charge in [0.15, 0.2) is 8.07 Å². The zero-order valence-corrected chi connectivity index (χ0v) is 29.0. The third-order valence-electron chi connectivity index (χ3n) is 10.3. The maximum absolute atomic E-state index is 10.7. The van der Waals surface area contributed by atoms with Crippen LogP contribution in [-0.4, -0.2) is 17.2 Å². The molecule has 246 valence electrons. The largest absolute Gasteiger partial charge is 0.309 e. The fourth-order valence-corrected chi connectivity index (χ4v) is 12.8. The monoisotopic (exact) mass is 689 g/mol. The van der Waals surface area contributed by atoms with E-state index in [2.05, 4.69) is 36.4 Å². The fraction of sp³-hybridized carbons (Fsp3) is 0.0204. The Morgan fingerprint density at radius 1 is 0.423 bits per heavy atom. The Morgan fingerprint density at radius 3 is 1.33 bits per heavy atom. The molecular formula is C49H36N2Si. The second kappa shape index (κ2) is 12.4. The second-order valence-electron chi connectivity index (χ2n) is 13.0. The maximum Gasteiger partial charge on any atom is 0.152 e. The lowest BCUT2D eigenvalue weighted by atomic mass is 10.0. The molecule has 0 radical (unpaired) electrons. The van der Waals surface area contributed by atoms with Crippen molar-refractivity contribution >= 4 is 67.2 Å². The van der Waals surface area contributed by atoms with Crippen LogP contribution >= 0.6 is 0 Å². The number of benzene rings is 8. The Hall–Kier alpha value is -6.42. The van der Waals surface area contributed by atoms with Crippen molar-refractivity contribution in [3.8, 4) is 11.4 Å². The SMILES string of the molecule is [2H]c1c([2H])c([2H])c2c(c1[2H])c1c(c([2H])c(C[Si](c3ccccc3)(c3ccccc3)c3ccccc3)c3c4c([2H])c([2H])c([2H])c([2H])c4n(-c4ccccc4)c31)n2-c1ccccc1. The van der Waals surface area contributed by atoms with Crippen molar-refractivity contribution in [3.05, 3.63) is 212 Å². The van der Waals surface area contributed by atoms with E-state index in [1.54, 1.807) is 4.57 Å². The van der Waals surface area contributed by atoms with Crippen molar-refractivity contribution in [2.24, 2.45) is 0 Å². The van der Waals surface area contributed by atoms with Crippen molar-refractivity contribution in [3.63, 3.8) is 0 Å². The van der Waals surface area contributed by atoms with E-state index in [9.17, 15) is 6.85 Å². The summed E-state index contributed by atoms with van der Waals surface area (Å²) in [4.78, 5) is 0. The number of aromatic nitrogens is 2. The number of fused-ring (bicyclic) bond motifs is 7. The third-order valence-corrected chi connectivity index (χ3v) is 15.1. The van der Waals surface area contributed by atoms with Crippen molar-refractivity contribution in [1.29, 1.82) is 0 Å². The molecule has 0 amide bonds. The molecule has 0 bridgehead atoms. The summed E-state index contributed by atoms with van der Waals surface area (Å²) in [5.74, 6) is 0. The van der Waals surface area contributed by atoms with Gasteiger partial charge in [0.25, 0.3) is 0 Å². The molecule has 0 atom stereocenters. The summed E-state index contributed by atoms with van der Waals surface area (Å²) in [7, 11) is -3.25. The standard InChI is InChI=1S/C49H36N2Si/c1-6-20-37(21-7-1)50-44-32-18-17-31-43(44)48-46(50)34-36(47-42-30-16-19-33-45(42)51(49(47)48)38-22-8-2-9-23-38)35-52(39-24-10-3-11-25-39,40-26-12-4-13-27-40)41-28-14-5-15-29-41/h1-34H,35H2/i16D,17D,18D,19D,30D,31D,32D,33D,34D. The highest BCUT2D eigenvalue weighted by molar-refractivity contribution is 7.11. The molecule has 0 saturated heterocycles. The molecule has 0 aliphatic heterocycles. The summed E-state index contributed by atoms with van der Waals surface area (Å²) >= 11 is 0. The van der Waals surface area contributed by atoms with Gasteiger partial charge in [0.05, 0.1) is 34.4 Å². The van der Waals surface area contributed by atoms with Crippen LogP contribution in [0.15, 0.2) is 206 Å². The molecule has 3 heteroatoms. The molecule has 0 fully saturated rings. The quantitative estimate of drug-likeness (QED) is 0.116. The van der Waals surface area contributed by atoms with Gasteiger partial charge in [-0.2, -0.15) is 0 Å². The molecule has 8 aromatic carbocycles. The van der Waals surface area contributed by atoms with Crippen LogP contribution in [-0.2, 0) is 6.04 Å². The number of hydrogen-bond donors (Lipinski definition) is 0. The first kappa shape index (κ1) is 22.4. The predicted octanol–water partition coefficient (Wildman–Crippen LogP) is 10.1. The van der Waals surface area contributed by atoms with E-state index in [1.165, 1.54) is 0 Å². The highest BCUT2D eigenvalue weighted by Crippen LogP contribution is 2.44. The van der Waals surface area contributed by atoms with Gasteiger partial charge in [0.1, 0.15) is 0 Å². The summed E-state index contributed by atoms with van der Waals surface area (Å²) in [5, 5.41) is 4.49. The highest BCUT2D eigenvalue weighted by atomic mass is 28.3. The van der Waals surface area contributed by atoms with Crippen LogP contribution < -0.4 is 15.6 Å². The predicted molar refractivity (Wildman–Crippen MR) is 223 cm³/mol. The van der Waals surface area contributed by atoms with Gasteiger partial charge in [-0.05, 0) is 69.6 Å². The number of rotatable bonds is 7. The van der Waals surface area contributed by atoms with Gasteiger partial charge in [-0.25, -0.2) is 0 Å². The van der Waals surface area contributed by atoms with Gasteiger partial charge in [-0.1, -0.05) is 164 Å². The van der Waals surface area contributed by atoms with E-state index in [-0.39, 0.29) is 58.1 Å². The van der Waals surface area contributed by atoms with Crippen LogP contribution in [0.4, 0.5) is 0 Å². The van der Waals surface area contributed by atoms with Crippen LogP contribution in [0, 0.1) is 0 Å². The maximum atomic E-state index is 10.7. The van der Waals surface area contributed by atoms with E-state index in [0.717, 1.165) is 15.6 Å². The molecule has 0 spiro atoms. The molecule has 0 aliphatic rings. The summed E-state index contributed by atoms with van der Waals surface area (Å²) in [5.41, 5.74) is 2.94. The molecule has 2 nitrogen and oxygen atoms in total. The van der Waals surface area contributed by atoms with Crippen molar-refractivity contribution < 1.29 is 12.3 Å². The first-order valence-corrected chi connectivity index (χ1v) is 19.6. The molecular weight excluding hydrogens is 645 g/mol. The summed E-state index contributed by atoms with van der Waals surface area (Å²) < 4.78 is 88.2. The number of nitrogens with zero attached hydrogens (tertiary/aromatic N) is 2. The van der Waals surface area contributed by atoms with Crippen molar-refractivity contribution in [2.75, 3.05) is 0 Å². The van der Waals surface area contributed by atoms with Crippen LogP contribution in [0.5, 0.6) is 0 Å². The average molecular weight is 690 g/mol. The molecule has 0 aliphatic carbocycles. The topological polar surface area (TPSA) is 9.86 Å². The molecule has 52 heavy (non-hydrogen) atoms. The lowest BCUT2D eigenvalue weighted by Crippen LogP contribution is -2.68. The molecule has 2 aromatic heterocycles. The number of hydrogen-bond acceptors (Lipinski definition) is 0. The van der Waals surface area contributed by atoms with Gasteiger partial charge in [0.2, 0.25) is 0 Å². The molecule has 0 saturated carbocycles. The molecule has 10 aromatic rings. The van der Waals surface area contributed by atoms with E-state index in [4.69, 9.17) is 5.48 Å². The molecule has 10 rings (SSSR count). The van der Waals surface area contributed by atoms with E-state index in [0.29, 0.717) is 38.7 Å². The second-order valence-corrected chi connectivity index (χ2v) is 16.9. The first-order chi connectivity index (χ1) is 29.6. The van der Waals surface area contributed by atoms with Crippen molar-refractivity contribution in [2.45, 2.75) is 6.04 Å². The smallest absolute Gasteiger partial charge is 0.152 e. The minimum Gasteiger partial charge on any atom is -0.309 e. The Labute approximate surface area is 317 Å². The van der Waals surface area contributed by atoms with Crippen molar-refractivity contribution in [1.82, 2.24) is 9.13 Å². The summed E-state index contributed by atoms with van der Waals surface area (Å²) in [6.07, 6.45) is 0. The van der Waals surface area contributed by atoms with Gasteiger partial charge < -0.3 is 9.13 Å². The van der Waals surface area contributed by atoms with Crippen LogP contribution in [0.1, 0.15) is 17.9 Å². The minimum atomic E-state index is -3.25. The first-order valence-electron chi connectivity index (χ1n) is 21.9. The number of para-hydroxylation sites is 4.